The number of nitrogens with one attached hydrogen (secondary N) is 2. The molecule has 0 saturated carbocycles. The highest BCUT2D eigenvalue weighted by atomic mass is 19.2. The van der Waals surface area contributed by atoms with Gasteiger partial charge in [0.15, 0.2) is 17.3 Å². The molecule has 1 aromatic rings. The van der Waals surface area contributed by atoms with Crippen molar-refractivity contribution in [1.82, 2.24) is 5.32 Å². The number of amides is 1. The number of nitro benzene ring substituents is 1. The van der Waals surface area contributed by atoms with Gasteiger partial charge >= 0.3 is 0 Å². The van der Waals surface area contributed by atoms with E-state index in [2.05, 4.69) is 10.6 Å². The first-order valence-corrected chi connectivity index (χ1v) is 6.58. The molecule has 1 saturated heterocycles. The summed E-state index contributed by atoms with van der Waals surface area (Å²) >= 11 is 0. The third-order valence-electron chi connectivity index (χ3n) is 3.57. The fourth-order valence-corrected chi connectivity index (χ4v) is 2.41. The van der Waals surface area contributed by atoms with Crippen LogP contribution in [0.2, 0.25) is 0 Å². The van der Waals surface area contributed by atoms with Gasteiger partial charge in [0.1, 0.15) is 0 Å². The monoisotopic (exact) mass is 299 g/mol. The number of nitrogens with zero attached hydrogens (tertiary/aromatic N) is 1. The minimum absolute atomic E-state index is 0.00873. The van der Waals surface area contributed by atoms with Crippen molar-refractivity contribution in [3.05, 3.63) is 33.9 Å². The Kier molecular flexibility index (Phi) is 4.46. The van der Waals surface area contributed by atoms with Crippen LogP contribution in [0.25, 0.3) is 0 Å². The van der Waals surface area contributed by atoms with Crippen LogP contribution in [0.4, 0.5) is 20.2 Å². The molecular weight excluding hydrogens is 284 g/mol. The number of hydrogen-bond acceptors (Lipinski definition) is 4. The molecule has 2 rings (SSSR count). The van der Waals surface area contributed by atoms with Gasteiger partial charge in [-0.15, -0.1) is 0 Å². The van der Waals surface area contributed by atoms with Crippen LogP contribution in [0.1, 0.15) is 19.8 Å². The molecular formula is C13H15F2N3O3. The normalized spacial score (nSPS) is 21.9. The smallest absolute Gasteiger partial charge is 0.296 e. The molecule has 1 aliphatic rings. The van der Waals surface area contributed by atoms with Crippen LogP contribution < -0.4 is 10.6 Å². The summed E-state index contributed by atoms with van der Waals surface area (Å²) < 4.78 is 27.0. The van der Waals surface area contributed by atoms with Crippen molar-refractivity contribution < 1.29 is 18.5 Å². The van der Waals surface area contributed by atoms with Crippen molar-refractivity contribution in [2.24, 2.45) is 5.92 Å². The first kappa shape index (κ1) is 15.3. The molecule has 1 aliphatic heterocycles. The molecule has 1 aromatic carbocycles. The molecule has 114 valence electrons. The van der Waals surface area contributed by atoms with Gasteiger partial charge in [0.05, 0.1) is 11.0 Å². The molecule has 2 atom stereocenters. The fourth-order valence-electron chi connectivity index (χ4n) is 2.41. The quantitative estimate of drug-likeness (QED) is 0.662. The van der Waals surface area contributed by atoms with Gasteiger partial charge in [0.25, 0.3) is 5.69 Å². The van der Waals surface area contributed by atoms with E-state index in [9.17, 15) is 23.7 Å². The van der Waals surface area contributed by atoms with Crippen LogP contribution in [0.3, 0.4) is 0 Å². The number of anilines is 1. The summed E-state index contributed by atoms with van der Waals surface area (Å²) in [6.45, 7) is 2.49. The van der Waals surface area contributed by atoms with Gasteiger partial charge in [0, 0.05) is 6.07 Å². The van der Waals surface area contributed by atoms with Gasteiger partial charge in [-0.3, -0.25) is 14.9 Å². The number of carbonyl (C=O) groups is 1. The second kappa shape index (κ2) is 6.13. The summed E-state index contributed by atoms with van der Waals surface area (Å²) in [4.78, 5) is 22.1. The molecule has 1 fully saturated rings. The van der Waals surface area contributed by atoms with E-state index in [1.165, 1.54) is 0 Å². The van der Waals surface area contributed by atoms with E-state index >= 15 is 0 Å². The van der Waals surface area contributed by atoms with Crippen LogP contribution >= 0.6 is 0 Å². The molecule has 1 amide bonds. The number of rotatable bonds is 3. The van der Waals surface area contributed by atoms with Gasteiger partial charge in [0.2, 0.25) is 5.91 Å². The maximum Gasteiger partial charge on any atom is 0.296 e. The third-order valence-corrected chi connectivity index (χ3v) is 3.57. The van der Waals surface area contributed by atoms with Crippen molar-refractivity contribution in [3.63, 3.8) is 0 Å². The number of piperidine rings is 1. The summed E-state index contributed by atoms with van der Waals surface area (Å²) in [5.41, 5.74) is -1.41. The minimum Gasteiger partial charge on any atom is -0.316 e. The second-order valence-electron chi connectivity index (χ2n) is 5.05. The Morgan fingerprint density at radius 3 is 2.81 bits per heavy atom. The lowest BCUT2D eigenvalue weighted by molar-refractivity contribution is -0.384. The molecule has 0 aliphatic carbocycles. The molecule has 8 heteroatoms. The van der Waals surface area contributed by atoms with Gasteiger partial charge in [-0.2, -0.15) is 0 Å². The molecule has 6 nitrogen and oxygen atoms in total. The van der Waals surface area contributed by atoms with Crippen LogP contribution in [-0.2, 0) is 4.79 Å². The minimum atomic E-state index is -1.43. The highest BCUT2D eigenvalue weighted by molar-refractivity contribution is 5.97. The highest BCUT2D eigenvalue weighted by Gasteiger charge is 2.30. The second-order valence-corrected chi connectivity index (χ2v) is 5.05. The van der Waals surface area contributed by atoms with Crippen LogP contribution in [0.15, 0.2) is 12.1 Å². The Morgan fingerprint density at radius 1 is 1.48 bits per heavy atom. The van der Waals surface area contributed by atoms with Crippen molar-refractivity contribution in [2.45, 2.75) is 25.8 Å². The molecule has 21 heavy (non-hydrogen) atoms. The molecule has 2 unspecified atom stereocenters. The lowest BCUT2D eigenvalue weighted by Crippen LogP contribution is -2.48. The number of benzene rings is 1. The van der Waals surface area contributed by atoms with Crippen LogP contribution in [-0.4, -0.2) is 23.4 Å². The standard InChI is InChI=1S/C13H15F2N3O3/c1-7-3-2-6-16-11(7)13(19)17-12-9(18(20)21)5-4-8(14)10(12)15/h4-5,7,11,16H,2-3,6H2,1H3,(H,17,19). The van der Waals surface area contributed by atoms with Gasteiger partial charge in [-0.1, -0.05) is 6.92 Å². The first-order chi connectivity index (χ1) is 9.91. The van der Waals surface area contributed by atoms with Crippen molar-refractivity contribution in [1.29, 1.82) is 0 Å². The van der Waals surface area contributed by atoms with Crippen molar-refractivity contribution >= 4 is 17.3 Å². The van der Waals surface area contributed by atoms with Gasteiger partial charge in [-0.25, -0.2) is 8.78 Å². The maximum atomic E-state index is 13.7. The summed E-state index contributed by atoms with van der Waals surface area (Å²) in [7, 11) is 0. The Labute approximate surface area is 119 Å². The Hall–Kier alpha value is -2.09. The summed E-state index contributed by atoms with van der Waals surface area (Å²) in [5, 5.41) is 16.0. The molecule has 0 spiro atoms. The molecule has 0 radical (unpaired) electrons. The van der Waals surface area contributed by atoms with E-state index in [0.717, 1.165) is 18.9 Å². The number of carbonyl (C=O) groups excluding carboxylic acids is 1. The Balaban J connectivity index is 2.28. The zero-order chi connectivity index (χ0) is 15.6. The number of halogens is 2. The predicted molar refractivity (Wildman–Crippen MR) is 71.8 cm³/mol. The van der Waals surface area contributed by atoms with E-state index in [0.29, 0.717) is 12.6 Å². The van der Waals surface area contributed by atoms with E-state index < -0.39 is 39.9 Å². The van der Waals surface area contributed by atoms with E-state index in [1.807, 2.05) is 6.92 Å². The third kappa shape index (κ3) is 3.15. The lowest BCUT2D eigenvalue weighted by atomic mass is 9.92. The largest absolute Gasteiger partial charge is 0.316 e. The summed E-state index contributed by atoms with van der Waals surface area (Å²) in [6.07, 6.45) is 1.73. The van der Waals surface area contributed by atoms with Crippen LogP contribution in [0, 0.1) is 27.7 Å². The molecule has 2 N–H and O–H groups in total. The molecule has 0 bridgehead atoms. The van der Waals surface area contributed by atoms with Gasteiger partial charge < -0.3 is 10.6 Å². The van der Waals surface area contributed by atoms with Crippen molar-refractivity contribution in [3.8, 4) is 0 Å². The SMILES string of the molecule is CC1CCCNC1C(=O)Nc1c([N+](=O)[O-])ccc(F)c1F. The first-order valence-electron chi connectivity index (χ1n) is 6.58. The Bertz CT molecular complexity index is 580. The fraction of sp³-hybridized carbons (Fsp3) is 0.462. The topological polar surface area (TPSA) is 84.3 Å². The maximum absolute atomic E-state index is 13.7. The number of nitro groups is 1. The Morgan fingerprint density at radius 2 is 2.19 bits per heavy atom. The molecule has 1 heterocycles. The van der Waals surface area contributed by atoms with E-state index in [1.54, 1.807) is 0 Å². The lowest BCUT2D eigenvalue weighted by Gasteiger charge is -2.28. The van der Waals surface area contributed by atoms with E-state index in [-0.39, 0.29) is 5.92 Å². The average Bonchev–Trinajstić information content (AvgIpc) is 2.44. The van der Waals surface area contributed by atoms with E-state index in [4.69, 9.17) is 0 Å². The predicted octanol–water partition coefficient (Wildman–Crippen LogP) is 2.20. The zero-order valence-corrected chi connectivity index (χ0v) is 11.4. The highest BCUT2D eigenvalue weighted by Crippen LogP contribution is 2.29. The summed E-state index contributed by atoms with van der Waals surface area (Å²) in [5.74, 6) is -3.27. The molecule has 0 aromatic heterocycles. The van der Waals surface area contributed by atoms with Crippen LogP contribution in [0.5, 0.6) is 0 Å². The van der Waals surface area contributed by atoms with Gasteiger partial charge in [-0.05, 0) is 31.4 Å². The van der Waals surface area contributed by atoms with Crippen molar-refractivity contribution in [2.75, 3.05) is 11.9 Å². The summed E-state index contributed by atoms with van der Waals surface area (Å²) in [6, 6.07) is 0.900. The zero-order valence-electron chi connectivity index (χ0n) is 11.4. The number of hydrogen-bond donors (Lipinski definition) is 2. The average molecular weight is 299 g/mol.